The van der Waals surface area contributed by atoms with Gasteiger partial charge in [-0.05, 0) is 38.7 Å². The lowest BCUT2D eigenvalue weighted by Gasteiger charge is -2.19. The van der Waals surface area contributed by atoms with Gasteiger partial charge in [0.2, 0.25) is 0 Å². The fraction of sp³-hybridized carbons (Fsp3) is 0.556. The second-order valence-corrected chi connectivity index (χ2v) is 8.10. The standard InChI is InChI=1S/C27H35F3O/c1-5-7-9-10-11-15-19-25(27(28,29)30)24(18-8-6-2)20-21-26(3,4)31-22-23-16-13-12-14-17-23/h12-14,16-17H,5-11,18,22H2,1-4H3/b25-24-. The zero-order valence-corrected chi connectivity index (χ0v) is 19.3. The van der Waals surface area contributed by atoms with E-state index in [9.17, 15) is 13.2 Å². The van der Waals surface area contributed by atoms with Crippen molar-refractivity contribution in [2.75, 3.05) is 0 Å². The predicted octanol–water partition coefficient (Wildman–Crippen LogP) is 8.01. The zero-order chi connectivity index (χ0) is 23.2. The Labute approximate surface area is 186 Å². The molecule has 0 heterocycles. The van der Waals surface area contributed by atoms with Crippen LogP contribution in [0.25, 0.3) is 0 Å². The van der Waals surface area contributed by atoms with E-state index in [4.69, 9.17) is 4.74 Å². The summed E-state index contributed by atoms with van der Waals surface area (Å²) in [5.74, 6) is 10.8. The summed E-state index contributed by atoms with van der Waals surface area (Å²) in [6.07, 6.45) is 1.62. The Bertz CT molecular complexity index is 796. The molecule has 1 aromatic rings. The molecule has 1 aromatic carbocycles. The Morgan fingerprint density at radius 3 is 2.19 bits per heavy atom. The topological polar surface area (TPSA) is 9.23 Å². The van der Waals surface area contributed by atoms with Crippen molar-refractivity contribution in [1.82, 2.24) is 0 Å². The minimum Gasteiger partial charge on any atom is -0.358 e. The first-order valence-electron chi connectivity index (χ1n) is 11.2. The van der Waals surface area contributed by atoms with E-state index < -0.39 is 17.4 Å². The second kappa shape index (κ2) is 14.0. The molecule has 0 aliphatic carbocycles. The highest BCUT2D eigenvalue weighted by Gasteiger charge is 2.35. The van der Waals surface area contributed by atoms with Crippen LogP contribution in [0.2, 0.25) is 0 Å². The molecule has 0 spiro atoms. The van der Waals surface area contributed by atoms with Crippen LogP contribution in [0.1, 0.15) is 84.6 Å². The molecule has 4 heteroatoms. The zero-order valence-electron chi connectivity index (χ0n) is 19.3. The average molecular weight is 433 g/mol. The van der Waals surface area contributed by atoms with Gasteiger partial charge in [0.1, 0.15) is 11.2 Å². The van der Waals surface area contributed by atoms with E-state index in [1.165, 1.54) is 0 Å². The highest BCUT2D eigenvalue weighted by atomic mass is 19.4. The molecule has 0 aliphatic heterocycles. The van der Waals surface area contributed by atoms with Crippen LogP contribution in [0.4, 0.5) is 13.2 Å². The molecule has 0 aliphatic rings. The minimum absolute atomic E-state index is 0.0618. The van der Waals surface area contributed by atoms with Crippen LogP contribution in [0, 0.1) is 23.7 Å². The van der Waals surface area contributed by atoms with E-state index in [0.29, 0.717) is 19.4 Å². The quantitative estimate of drug-likeness (QED) is 0.269. The molecule has 0 unspecified atom stereocenters. The van der Waals surface area contributed by atoms with Gasteiger partial charge in [-0.2, -0.15) is 13.2 Å². The molecular weight excluding hydrogens is 397 g/mol. The van der Waals surface area contributed by atoms with Crippen LogP contribution in [0.5, 0.6) is 0 Å². The molecule has 0 amide bonds. The Morgan fingerprint density at radius 1 is 0.903 bits per heavy atom. The third kappa shape index (κ3) is 11.7. The van der Waals surface area contributed by atoms with Crippen molar-refractivity contribution in [3.63, 3.8) is 0 Å². The Balaban J connectivity index is 3.07. The number of unbranched alkanes of at least 4 members (excludes halogenated alkanes) is 5. The molecule has 0 radical (unpaired) electrons. The molecule has 31 heavy (non-hydrogen) atoms. The number of rotatable bonds is 10. The number of halogens is 3. The number of alkyl halides is 3. The summed E-state index contributed by atoms with van der Waals surface area (Å²) in [5.41, 5.74) is -0.629. The van der Waals surface area contributed by atoms with Crippen LogP contribution >= 0.6 is 0 Å². The van der Waals surface area contributed by atoms with Gasteiger partial charge in [0.25, 0.3) is 0 Å². The smallest absolute Gasteiger partial charge is 0.358 e. The van der Waals surface area contributed by atoms with Gasteiger partial charge < -0.3 is 4.74 Å². The number of hydrogen-bond acceptors (Lipinski definition) is 1. The summed E-state index contributed by atoms with van der Waals surface area (Å²) < 4.78 is 47.1. The van der Waals surface area contributed by atoms with E-state index >= 15 is 0 Å². The molecule has 0 saturated heterocycles. The van der Waals surface area contributed by atoms with Crippen molar-refractivity contribution >= 4 is 0 Å². The van der Waals surface area contributed by atoms with Crippen LogP contribution < -0.4 is 0 Å². The van der Waals surface area contributed by atoms with Crippen LogP contribution in [0.15, 0.2) is 41.5 Å². The Morgan fingerprint density at radius 2 is 1.58 bits per heavy atom. The summed E-state index contributed by atoms with van der Waals surface area (Å²) in [6, 6.07) is 9.63. The van der Waals surface area contributed by atoms with Crippen molar-refractivity contribution < 1.29 is 17.9 Å². The Kier molecular flexibility index (Phi) is 12.1. The molecule has 0 atom stereocenters. The summed E-state index contributed by atoms with van der Waals surface area (Å²) in [5, 5.41) is 0. The fourth-order valence-electron chi connectivity index (χ4n) is 2.81. The highest BCUT2D eigenvalue weighted by Crippen LogP contribution is 2.30. The maximum absolute atomic E-state index is 13.8. The molecule has 0 aromatic heterocycles. The van der Waals surface area contributed by atoms with Crippen molar-refractivity contribution in [2.45, 2.75) is 97.4 Å². The minimum atomic E-state index is -4.51. The van der Waals surface area contributed by atoms with Gasteiger partial charge >= 0.3 is 6.18 Å². The van der Waals surface area contributed by atoms with E-state index in [1.54, 1.807) is 13.8 Å². The maximum Gasteiger partial charge on any atom is 0.425 e. The van der Waals surface area contributed by atoms with Gasteiger partial charge in [-0.15, -0.1) is 0 Å². The van der Waals surface area contributed by atoms with Crippen molar-refractivity contribution in [3.8, 4) is 23.7 Å². The molecular formula is C27H35F3O. The van der Waals surface area contributed by atoms with Gasteiger partial charge in [-0.25, -0.2) is 0 Å². The van der Waals surface area contributed by atoms with Gasteiger partial charge in [0.15, 0.2) is 0 Å². The SMILES string of the molecule is CCCCCCC#C/C(=C(/C#CC(C)(C)OCc1ccccc1)CCCC)C(F)(F)F. The number of allylic oxidation sites excluding steroid dienone is 2. The van der Waals surface area contributed by atoms with Crippen molar-refractivity contribution in [2.24, 2.45) is 0 Å². The molecule has 0 saturated carbocycles. The summed E-state index contributed by atoms with van der Waals surface area (Å²) in [6.45, 7) is 7.94. The first kappa shape index (κ1) is 26.9. The largest absolute Gasteiger partial charge is 0.425 e. The number of benzene rings is 1. The molecule has 170 valence electrons. The summed E-state index contributed by atoms with van der Waals surface area (Å²) >= 11 is 0. The summed E-state index contributed by atoms with van der Waals surface area (Å²) in [4.78, 5) is 0. The van der Waals surface area contributed by atoms with Crippen molar-refractivity contribution in [1.29, 1.82) is 0 Å². The highest BCUT2D eigenvalue weighted by molar-refractivity contribution is 5.46. The fourth-order valence-corrected chi connectivity index (χ4v) is 2.81. The summed E-state index contributed by atoms with van der Waals surface area (Å²) in [7, 11) is 0. The Hall–Kier alpha value is -2.17. The first-order valence-corrected chi connectivity index (χ1v) is 11.2. The van der Waals surface area contributed by atoms with E-state index in [1.807, 2.05) is 37.3 Å². The van der Waals surface area contributed by atoms with Crippen LogP contribution in [-0.2, 0) is 11.3 Å². The number of hydrogen-bond donors (Lipinski definition) is 0. The second-order valence-electron chi connectivity index (χ2n) is 8.10. The van der Waals surface area contributed by atoms with Crippen LogP contribution in [0.3, 0.4) is 0 Å². The monoisotopic (exact) mass is 432 g/mol. The molecule has 0 bridgehead atoms. The lowest BCUT2D eigenvalue weighted by atomic mass is 10.0. The maximum atomic E-state index is 13.8. The van der Waals surface area contributed by atoms with E-state index in [2.05, 4.69) is 30.6 Å². The van der Waals surface area contributed by atoms with Gasteiger partial charge in [-0.1, -0.05) is 93.5 Å². The van der Waals surface area contributed by atoms with E-state index in [0.717, 1.165) is 37.7 Å². The molecule has 1 nitrogen and oxygen atoms in total. The third-order valence-electron chi connectivity index (χ3n) is 4.69. The third-order valence-corrected chi connectivity index (χ3v) is 4.69. The molecule has 1 rings (SSSR count). The average Bonchev–Trinajstić information content (AvgIpc) is 2.72. The molecule has 0 fully saturated rings. The van der Waals surface area contributed by atoms with Crippen LogP contribution in [-0.4, -0.2) is 11.8 Å². The normalized spacial score (nSPS) is 12.4. The number of ether oxygens (including phenoxy) is 1. The van der Waals surface area contributed by atoms with Crippen molar-refractivity contribution in [3.05, 3.63) is 47.0 Å². The predicted molar refractivity (Wildman–Crippen MR) is 122 cm³/mol. The lowest BCUT2D eigenvalue weighted by Crippen LogP contribution is -2.22. The lowest BCUT2D eigenvalue weighted by molar-refractivity contribution is -0.0878. The van der Waals surface area contributed by atoms with Gasteiger partial charge in [0, 0.05) is 12.0 Å². The van der Waals surface area contributed by atoms with Gasteiger partial charge in [0.05, 0.1) is 6.61 Å². The van der Waals surface area contributed by atoms with E-state index in [-0.39, 0.29) is 12.0 Å². The molecule has 0 N–H and O–H groups in total. The first-order chi connectivity index (χ1) is 14.7. The van der Waals surface area contributed by atoms with Gasteiger partial charge in [-0.3, -0.25) is 0 Å².